The summed E-state index contributed by atoms with van der Waals surface area (Å²) in [6, 6.07) is 0.403. The van der Waals surface area contributed by atoms with Gasteiger partial charge in [-0.2, -0.15) is 0 Å². The molecule has 1 saturated carbocycles. The number of piperidine rings is 1. The van der Waals surface area contributed by atoms with Gasteiger partial charge in [0.05, 0.1) is 11.5 Å². The Hall–Kier alpha value is -0.780. The molecule has 2 amide bonds. The molecule has 0 aromatic heterocycles. The van der Waals surface area contributed by atoms with Crippen LogP contribution >= 0.6 is 0 Å². The van der Waals surface area contributed by atoms with Crippen molar-refractivity contribution in [2.24, 2.45) is 16.7 Å². The van der Waals surface area contributed by atoms with Gasteiger partial charge in [0.1, 0.15) is 9.84 Å². The zero-order chi connectivity index (χ0) is 17.6. The summed E-state index contributed by atoms with van der Waals surface area (Å²) >= 11 is 0. The second-order valence-corrected chi connectivity index (χ2v) is 10.9. The fourth-order valence-electron chi connectivity index (χ4n) is 4.85. The van der Waals surface area contributed by atoms with Gasteiger partial charge in [-0.05, 0) is 55.3 Å². The minimum atomic E-state index is -2.81. The molecular formula is C18H32N2O3S. The van der Waals surface area contributed by atoms with Crippen LogP contribution in [-0.2, 0) is 9.84 Å². The summed E-state index contributed by atoms with van der Waals surface area (Å²) < 4.78 is 23.3. The standard InChI is InChI=1S/C18H32N2O3S/c1-4-18(14(2)3)13-15(18)19-16(21)20-9-5-17(6-10-20)7-11-24(22,23)12-8-17/h14-15H,4-13H2,1-3H3,(H,19,21). The Balaban J connectivity index is 1.50. The third kappa shape index (κ3) is 3.31. The van der Waals surface area contributed by atoms with Crippen molar-refractivity contribution in [3.05, 3.63) is 0 Å². The van der Waals surface area contributed by atoms with Gasteiger partial charge in [-0.3, -0.25) is 0 Å². The van der Waals surface area contributed by atoms with E-state index in [2.05, 4.69) is 26.1 Å². The van der Waals surface area contributed by atoms with Crippen molar-refractivity contribution in [3.63, 3.8) is 0 Å². The molecule has 0 aromatic carbocycles. The molecule has 0 radical (unpaired) electrons. The van der Waals surface area contributed by atoms with Gasteiger partial charge in [0.25, 0.3) is 0 Å². The van der Waals surface area contributed by atoms with E-state index in [1.165, 1.54) is 0 Å². The zero-order valence-electron chi connectivity index (χ0n) is 15.3. The first kappa shape index (κ1) is 18.0. The van der Waals surface area contributed by atoms with Crippen LogP contribution in [0.25, 0.3) is 0 Å². The molecule has 2 aliphatic heterocycles. The lowest BCUT2D eigenvalue weighted by atomic mass is 9.74. The largest absolute Gasteiger partial charge is 0.335 e. The summed E-state index contributed by atoms with van der Waals surface area (Å²) in [7, 11) is -2.81. The first-order valence-electron chi connectivity index (χ1n) is 9.48. The number of nitrogens with zero attached hydrogens (tertiary/aromatic N) is 1. The van der Waals surface area contributed by atoms with Gasteiger partial charge in [-0.15, -0.1) is 0 Å². The van der Waals surface area contributed by atoms with Crippen molar-refractivity contribution >= 4 is 15.9 Å². The van der Waals surface area contributed by atoms with E-state index < -0.39 is 9.84 Å². The maximum atomic E-state index is 12.6. The van der Waals surface area contributed by atoms with E-state index in [9.17, 15) is 13.2 Å². The summed E-state index contributed by atoms with van der Waals surface area (Å²) in [5.74, 6) is 1.25. The molecule has 0 aromatic rings. The smallest absolute Gasteiger partial charge is 0.317 e. The number of urea groups is 1. The zero-order valence-corrected chi connectivity index (χ0v) is 16.1. The van der Waals surface area contributed by atoms with E-state index in [4.69, 9.17) is 0 Å². The SMILES string of the molecule is CCC1(C(C)C)CC1NC(=O)N1CCC2(CC1)CCS(=O)(=O)CC2. The number of hydrogen-bond acceptors (Lipinski definition) is 3. The normalized spacial score (nSPS) is 34.3. The Bertz CT molecular complexity index is 577. The molecule has 3 rings (SSSR count). The van der Waals surface area contributed by atoms with Crippen LogP contribution in [0.2, 0.25) is 0 Å². The topological polar surface area (TPSA) is 66.5 Å². The Morgan fingerprint density at radius 3 is 2.21 bits per heavy atom. The van der Waals surface area contributed by atoms with Crippen molar-refractivity contribution < 1.29 is 13.2 Å². The van der Waals surface area contributed by atoms with Crippen molar-refractivity contribution in [2.75, 3.05) is 24.6 Å². The minimum Gasteiger partial charge on any atom is -0.335 e. The minimum absolute atomic E-state index is 0.0780. The average molecular weight is 357 g/mol. The Kier molecular flexibility index (Phi) is 4.65. The maximum absolute atomic E-state index is 12.6. The van der Waals surface area contributed by atoms with Gasteiger partial charge >= 0.3 is 6.03 Å². The van der Waals surface area contributed by atoms with E-state index in [1.807, 2.05) is 4.90 Å². The van der Waals surface area contributed by atoms with Gasteiger partial charge in [-0.25, -0.2) is 13.2 Å². The van der Waals surface area contributed by atoms with Crippen molar-refractivity contribution in [3.8, 4) is 0 Å². The second kappa shape index (κ2) is 6.19. The molecule has 6 heteroatoms. The third-order valence-electron chi connectivity index (χ3n) is 7.22. The van der Waals surface area contributed by atoms with E-state index in [0.29, 0.717) is 28.9 Å². The lowest BCUT2D eigenvalue weighted by Crippen LogP contribution is -2.50. The summed E-state index contributed by atoms with van der Waals surface area (Å²) in [6.45, 7) is 8.24. The molecular weight excluding hydrogens is 324 g/mol. The summed E-state index contributed by atoms with van der Waals surface area (Å²) in [5, 5.41) is 3.24. The lowest BCUT2D eigenvalue weighted by molar-refractivity contribution is 0.106. The van der Waals surface area contributed by atoms with Crippen LogP contribution in [0.15, 0.2) is 0 Å². The van der Waals surface area contributed by atoms with Crippen molar-refractivity contribution in [2.45, 2.75) is 65.3 Å². The van der Waals surface area contributed by atoms with Crippen molar-refractivity contribution in [1.29, 1.82) is 0 Å². The fourth-order valence-corrected chi connectivity index (χ4v) is 6.54. The molecule has 2 heterocycles. The summed E-state index contributed by atoms with van der Waals surface area (Å²) in [5.41, 5.74) is 0.456. The summed E-state index contributed by atoms with van der Waals surface area (Å²) in [4.78, 5) is 14.5. The second-order valence-electron chi connectivity index (χ2n) is 8.59. The summed E-state index contributed by atoms with van der Waals surface area (Å²) in [6.07, 6.45) is 5.67. The number of amides is 2. The van der Waals surface area contributed by atoms with Crippen LogP contribution < -0.4 is 5.32 Å². The quantitative estimate of drug-likeness (QED) is 0.845. The molecule has 0 bridgehead atoms. The number of carbonyl (C=O) groups is 1. The highest BCUT2D eigenvalue weighted by Crippen LogP contribution is 2.54. The number of likely N-dealkylation sites (tertiary alicyclic amines) is 1. The van der Waals surface area contributed by atoms with Crippen molar-refractivity contribution in [1.82, 2.24) is 10.2 Å². The molecule has 1 aliphatic carbocycles. The first-order valence-corrected chi connectivity index (χ1v) is 11.3. The molecule has 5 nitrogen and oxygen atoms in total. The van der Waals surface area contributed by atoms with Crippen LogP contribution in [0.5, 0.6) is 0 Å². The van der Waals surface area contributed by atoms with Gasteiger partial charge in [0.2, 0.25) is 0 Å². The Morgan fingerprint density at radius 1 is 1.17 bits per heavy atom. The predicted molar refractivity (Wildman–Crippen MR) is 95.6 cm³/mol. The predicted octanol–water partition coefficient (Wildman–Crippen LogP) is 2.81. The van der Waals surface area contributed by atoms with Gasteiger partial charge in [0.15, 0.2) is 0 Å². The highest BCUT2D eigenvalue weighted by Gasteiger charge is 2.55. The van der Waals surface area contributed by atoms with E-state index in [0.717, 1.165) is 51.6 Å². The fraction of sp³-hybridized carbons (Fsp3) is 0.944. The highest BCUT2D eigenvalue weighted by molar-refractivity contribution is 7.91. The molecule has 3 fully saturated rings. The third-order valence-corrected chi connectivity index (χ3v) is 8.87. The number of rotatable bonds is 3. The van der Waals surface area contributed by atoms with E-state index in [1.54, 1.807) is 0 Å². The molecule has 2 saturated heterocycles. The molecule has 2 unspecified atom stereocenters. The van der Waals surface area contributed by atoms with Crippen LogP contribution in [-0.4, -0.2) is 50.0 Å². The lowest BCUT2D eigenvalue weighted by Gasteiger charge is -2.44. The van der Waals surface area contributed by atoms with E-state index in [-0.39, 0.29) is 11.4 Å². The molecule has 138 valence electrons. The van der Waals surface area contributed by atoms with Gasteiger partial charge in [-0.1, -0.05) is 20.8 Å². The van der Waals surface area contributed by atoms with Crippen LogP contribution in [0, 0.1) is 16.7 Å². The molecule has 1 spiro atoms. The number of carbonyl (C=O) groups excluding carboxylic acids is 1. The first-order chi connectivity index (χ1) is 11.2. The molecule has 2 atom stereocenters. The number of hydrogen-bond donors (Lipinski definition) is 1. The Morgan fingerprint density at radius 2 is 1.75 bits per heavy atom. The monoisotopic (exact) mass is 356 g/mol. The Labute approximate surface area is 146 Å². The number of nitrogens with one attached hydrogen (secondary N) is 1. The molecule has 24 heavy (non-hydrogen) atoms. The average Bonchev–Trinajstić information content (AvgIpc) is 3.26. The van der Waals surface area contributed by atoms with Crippen LogP contribution in [0.1, 0.15) is 59.3 Å². The van der Waals surface area contributed by atoms with Gasteiger partial charge < -0.3 is 10.2 Å². The number of sulfone groups is 1. The highest BCUT2D eigenvalue weighted by atomic mass is 32.2. The van der Waals surface area contributed by atoms with Crippen LogP contribution in [0.4, 0.5) is 4.79 Å². The maximum Gasteiger partial charge on any atom is 0.317 e. The molecule has 1 N–H and O–H groups in total. The van der Waals surface area contributed by atoms with Gasteiger partial charge in [0, 0.05) is 19.1 Å². The van der Waals surface area contributed by atoms with E-state index >= 15 is 0 Å². The van der Waals surface area contributed by atoms with Crippen LogP contribution in [0.3, 0.4) is 0 Å². The molecule has 3 aliphatic rings.